The van der Waals surface area contributed by atoms with Crippen LogP contribution in [-0.4, -0.2) is 43.0 Å². The molecule has 0 heterocycles. The molecule has 132 valence electrons. The first-order valence-corrected chi connectivity index (χ1v) is 7.73. The van der Waals surface area contributed by atoms with Crippen molar-refractivity contribution in [1.29, 1.82) is 0 Å². The fourth-order valence-corrected chi connectivity index (χ4v) is 2.13. The van der Waals surface area contributed by atoms with Gasteiger partial charge < -0.3 is 14.4 Å². The Hall–Kier alpha value is -3.09. The van der Waals surface area contributed by atoms with Crippen LogP contribution in [0, 0.1) is 10.1 Å². The zero-order chi connectivity index (χ0) is 18.2. The standard InChI is InChI=1S/C18H20N2O5/c1-19(12-11-14-3-7-16(24-2)8-4-14)18(21)13-25-17-9-5-15(6-10-17)20(22)23/h3-10H,11-13H2,1-2H3. The number of non-ortho nitro benzene ring substituents is 1. The van der Waals surface area contributed by atoms with Gasteiger partial charge in [0.25, 0.3) is 11.6 Å². The van der Waals surface area contributed by atoms with Gasteiger partial charge in [0.1, 0.15) is 11.5 Å². The maximum absolute atomic E-state index is 12.1. The molecule has 7 heteroatoms. The zero-order valence-electron chi connectivity index (χ0n) is 14.2. The summed E-state index contributed by atoms with van der Waals surface area (Å²) < 4.78 is 10.5. The van der Waals surface area contributed by atoms with E-state index in [9.17, 15) is 14.9 Å². The second-order valence-electron chi connectivity index (χ2n) is 5.45. The van der Waals surface area contributed by atoms with Crippen LogP contribution in [-0.2, 0) is 11.2 Å². The quantitative estimate of drug-likeness (QED) is 0.543. The Morgan fingerprint density at radius 3 is 2.24 bits per heavy atom. The normalized spacial score (nSPS) is 10.2. The Morgan fingerprint density at radius 2 is 1.68 bits per heavy atom. The van der Waals surface area contributed by atoms with Gasteiger partial charge in [-0.1, -0.05) is 12.1 Å². The molecule has 25 heavy (non-hydrogen) atoms. The van der Waals surface area contributed by atoms with E-state index < -0.39 is 4.92 Å². The number of nitro groups is 1. The van der Waals surface area contributed by atoms with Crippen molar-refractivity contribution in [2.75, 3.05) is 27.3 Å². The van der Waals surface area contributed by atoms with Crippen molar-refractivity contribution in [1.82, 2.24) is 4.90 Å². The molecule has 0 fully saturated rings. The number of hydrogen-bond donors (Lipinski definition) is 0. The molecule has 0 saturated heterocycles. The minimum atomic E-state index is -0.484. The van der Waals surface area contributed by atoms with E-state index in [0.29, 0.717) is 12.3 Å². The molecule has 7 nitrogen and oxygen atoms in total. The fourth-order valence-electron chi connectivity index (χ4n) is 2.13. The molecular formula is C18H20N2O5. The first-order chi connectivity index (χ1) is 12.0. The van der Waals surface area contributed by atoms with Crippen molar-refractivity contribution >= 4 is 11.6 Å². The van der Waals surface area contributed by atoms with Gasteiger partial charge in [-0.3, -0.25) is 14.9 Å². The lowest BCUT2D eigenvalue weighted by Crippen LogP contribution is -2.33. The van der Waals surface area contributed by atoms with E-state index in [-0.39, 0.29) is 18.2 Å². The Kier molecular flexibility index (Phi) is 6.33. The molecular weight excluding hydrogens is 324 g/mol. The Labute approximate surface area is 145 Å². The van der Waals surface area contributed by atoms with Crippen LogP contribution in [0.1, 0.15) is 5.56 Å². The average Bonchev–Trinajstić information content (AvgIpc) is 2.64. The number of amides is 1. The van der Waals surface area contributed by atoms with E-state index in [1.807, 2.05) is 24.3 Å². The average molecular weight is 344 g/mol. The lowest BCUT2D eigenvalue weighted by molar-refractivity contribution is -0.384. The third-order valence-electron chi connectivity index (χ3n) is 3.73. The van der Waals surface area contributed by atoms with Crippen molar-refractivity contribution in [3.05, 3.63) is 64.2 Å². The topological polar surface area (TPSA) is 81.9 Å². The van der Waals surface area contributed by atoms with Crippen molar-refractivity contribution < 1.29 is 19.2 Å². The van der Waals surface area contributed by atoms with Crippen LogP contribution in [0.4, 0.5) is 5.69 Å². The highest BCUT2D eigenvalue weighted by molar-refractivity contribution is 5.77. The summed E-state index contributed by atoms with van der Waals surface area (Å²) in [6.45, 7) is 0.450. The van der Waals surface area contributed by atoms with Crippen molar-refractivity contribution in [3.8, 4) is 11.5 Å². The zero-order valence-corrected chi connectivity index (χ0v) is 14.2. The van der Waals surface area contributed by atoms with E-state index in [4.69, 9.17) is 9.47 Å². The van der Waals surface area contributed by atoms with Gasteiger partial charge in [-0.15, -0.1) is 0 Å². The Balaban J connectivity index is 1.78. The van der Waals surface area contributed by atoms with E-state index in [1.165, 1.54) is 24.3 Å². The number of ether oxygens (including phenoxy) is 2. The molecule has 0 N–H and O–H groups in total. The molecule has 0 aromatic heterocycles. The van der Waals surface area contributed by atoms with Crippen LogP contribution in [0.25, 0.3) is 0 Å². The first kappa shape index (κ1) is 18.3. The third-order valence-corrected chi connectivity index (χ3v) is 3.73. The maximum atomic E-state index is 12.1. The number of nitrogens with zero attached hydrogens (tertiary/aromatic N) is 2. The highest BCUT2D eigenvalue weighted by Gasteiger charge is 2.11. The Morgan fingerprint density at radius 1 is 1.08 bits per heavy atom. The summed E-state index contributed by atoms with van der Waals surface area (Å²) in [6.07, 6.45) is 0.726. The first-order valence-electron chi connectivity index (χ1n) is 7.73. The van der Waals surface area contributed by atoms with Crippen LogP contribution in [0.3, 0.4) is 0 Å². The Bertz CT molecular complexity index is 713. The van der Waals surface area contributed by atoms with Crippen molar-refractivity contribution in [2.45, 2.75) is 6.42 Å². The lowest BCUT2D eigenvalue weighted by Gasteiger charge is -2.17. The summed E-state index contributed by atoms with van der Waals surface area (Å²) in [7, 11) is 3.33. The predicted octanol–water partition coefficient (Wildman–Crippen LogP) is 2.68. The van der Waals surface area contributed by atoms with Crippen LogP contribution in [0.2, 0.25) is 0 Å². The molecule has 0 bridgehead atoms. The number of rotatable bonds is 8. The van der Waals surface area contributed by atoms with Crippen LogP contribution in [0.15, 0.2) is 48.5 Å². The highest BCUT2D eigenvalue weighted by Crippen LogP contribution is 2.17. The number of likely N-dealkylation sites (N-methyl/N-ethyl adjacent to an activating group) is 1. The van der Waals surface area contributed by atoms with Gasteiger partial charge >= 0.3 is 0 Å². The molecule has 2 rings (SSSR count). The largest absolute Gasteiger partial charge is 0.497 e. The number of carbonyl (C=O) groups excluding carboxylic acids is 1. The summed E-state index contributed by atoms with van der Waals surface area (Å²) in [4.78, 5) is 23.8. The molecule has 2 aromatic rings. The molecule has 0 saturated carbocycles. The molecule has 0 aliphatic carbocycles. The smallest absolute Gasteiger partial charge is 0.269 e. The van der Waals surface area contributed by atoms with Crippen LogP contribution < -0.4 is 9.47 Å². The van der Waals surface area contributed by atoms with Gasteiger partial charge in [-0.05, 0) is 36.2 Å². The maximum Gasteiger partial charge on any atom is 0.269 e. The predicted molar refractivity (Wildman–Crippen MR) is 92.9 cm³/mol. The van der Waals surface area contributed by atoms with Gasteiger partial charge in [0.05, 0.1) is 12.0 Å². The van der Waals surface area contributed by atoms with E-state index in [2.05, 4.69) is 0 Å². The summed E-state index contributed by atoms with van der Waals surface area (Å²) in [5, 5.41) is 10.6. The van der Waals surface area contributed by atoms with Gasteiger partial charge in [-0.25, -0.2) is 0 Å². The lowest BCUT2D eigenvalue weighted by atomic mass is 10.1. The summed E-state index contributed by atoms with van der Waals surface area (Å²) in [5.74, 6) is 1.05. The van der Waals surface area contributed by atoms with E-state index in [1.54, 1.807) is 19.1 Å². The monoisotopic (exact) mass is 344 g/mol. The summed E-state index contributed by atoms with van der Waals surface area (Å²) >= 11 is 0. The summed E-state index contributed by atoms with van der Waals surface area (Å²) in [5.41, 5.74) is 1.09. The van der Waals surface area contributed by atoms with Crippen LogP contribution in [0.5, 0.6) is 11.5 Å². The molecule has 0 radical (unpaired) electrons. The number of carbonyl (C=O) groups is 1. The second-order valence-corrected chi connectivity index (χ2v) is 5.45. The minimum absolute atomic E-state index is 0.0183. The molecule has 0 aliphatic rings. The number of hydrogen-bond acceptors (Lipinski definition) is 5. The third kappa shape index (κ3) is 5.49. The van der Waals surface area contributed by atoms with Gasteiger partial charge in [0.2, 0.25) is 0 Å². The molecule has 1 amide bonds. The molecule has 0 aliphatic heterocycles. The van der Waals surface area contributed by atoms with Gasteiger partial charge in [0, 0.05) is 25.7 Å². The molecule has 0 unspecified atom stereocenters. The number of benzene rings is 2. The highest BCUT2D eigenvalue weighted by atomic mass is 16.6. The summed E-state index contributed by atoms with van der Waals surface area (Å²) in [6, 6.07) is 13.3. The molecule has 0 spiro atoms. The van der Waals surface area contributed by atoms with Crippen molar-refractivity contribution in [3.63, 3.8) is 0 Å². The van der Waals surface area contributed by atoms with E-state index in [0.717, 1.165) is 17.7 Å². The second kappa shape index (κ2) is 8.68. The molecule has 0 atom stereocenters. The van der Waals surface area contributed by atoms with Crippen LogP contribution >= 0.6 is 0 Å². The number of methoxy groups -OCH3 is 1. The van der Waals surface area contributed by atoms with Crippen molar-refractivity contribution in [2.24, 2.45) is 0 Å². The fraction of sp³-hybridized carbons (Fsp3) is 0.278. The number of nitro benzene ring substituents is 1. The van der Waals surface area contributed by atoms with E-state index >= 15 is 0 Å². The van der Waals surface area contributed by atoms with Gasteiger partial charge in [-0.2, -0.15) is 0 Å². The SMILES string of the molecule is COc1ccc(CCN(C)C(=O)COc2ccc([N+](=O)[O-])cc2)cc1. The molecule has 2 aromatic carbocycles. The van der Waals surface area contributed by atoms with Gasteiger partial charge in [0.15, 0.2) is 6.61 Å². The minimum Gasteiger partial charge on any atom is -0.497 e.